The summed E-state index contributed by atoms with van der Waals surface area (Å²) in [5, 5.41) is 0. The number of benzene rings is 3. The number of hydrogen-bond acceptors (Lipinski definition) is 1. The van der Waals surface area contributed by atoms with Gasteiger partial charge < -0.3 is 4.57 Å². The summed E-state index contributed by atoms with van der Waals surface area (Å²) in [6.45, 7) is 5.16. The van der Waals surface area contributed by atoms with E-state index in [1.165, 1.54) is 16.7 Å². The molecule has 1 heterocycles. The Labute approximate surface area is 166 Å². The fourth-order valence-electron chi connectivity index (χ4n) is 3.46. The molecule has 0 spiro atoms. The molecule has 0 bridgehead atoms. The van der Waals surface area contributed by atoms with E-state index in [9.17, 15) is 0 Å². The Balaban J connectivity index is 1.89. The Hall–Kier alpha value is -3.39. The topological polar surface area (TPSA) is 17.8 Å². The van der Waals surface area contributed by atoms with Crippen LogP contribution in [0.2, 0.25) is 0 Å². The van der Waals surface area contributed by atoms with Gasteiger partial charge in [-0.2, -0.15) is 0 Å². The molecular formula is C26H24N2. The molecule has 0 aliphatic carbocycles. The number of imidazole rings is 1. The molecule has 4 rings (SSSR count). The molecule has 0 unspecified atom stereocenters. The predicted molar refractivity (Wildman–Crippen MR) is 119 cm³/mol. The fourth-order valence-corrected chi connectivity index (χ4v) is 3.46. The zero-order valence-electron chi connectivity index (χ0n) is 16.3. The van der Waals surface area contributed by atoms with E-state index in [1.807, 2.05) is 12.1 Å². The van der Waals surface area contributed by atoms with Crippen LogP contribution in [-0.2, 0) is 6.54 Å². The Morgan fingerprint density at radius 1 is 0.750 bits per heavy atom. The number of nitrogens with zero attached hydrogens (tertiary/aromatic N) is 2. The average molecular weight is 364 g/mol. The molecule has 0 fully saturated rings. The maximum absolute atomic E-state index is 5.04. The third-order valence-electron chi connectivity index (χ3n) is 4.90. The summed E-state index contributed by atoms with van der Waals surface area (Å²) in [4.78, 5) is 5.04. The van der Waals surface area contributed by atoms with Crippen LogP contribution in [0.1, 0.15) is 23.7 Å². The van der Waals surface area contributed by atoms with Crippen LogP contribution in [0.25, 0.3) is 34.8 Å². The molecule has 4 aromatic rings. The van der Waals surface area contributed by atoms with Crippen LogP contribution < -0.4 is 0 Å². The van der Waals surface area contributed by atoms with Crippen LogP contribution in [0.4, 0.5) is 0 Å². The van der Waals surface area contributed by atoms with Crippen molar-refractivity contribution in [2.75, 3.05) is 0 Å². The standard InChI is InChI=1S/C26H24N2/c1-3-28-25(22-17-14-20(2)15-18-22)24(19-16-21-10-6-4-7-11-21)27-26(28)23-12-8-5-9-13-23/h4-19H,3H2,1-2H3/b19-16+. The molecule has 3 aromatic carbocycles. The first-order valence-corrected chi connectivity index (χ1v) is 9.72. The lowest BCUT2D eigenvalue weighted by Crippen LogP contribution is -2.00. The Kier molecular flexibility index (Phi) is 5.20. The zero-order valence-corrected chi connectivity index (χ0v) is 16.3. The van der Waals surface area contributed by atoms with Gasteiger partial charge >= 0.3 is 0 Å². The summed E-state index contributed by atoms with van der Waals surface area (Å²) in [7, 11) is 0. The van der Waals surface area contributed by atoms with E-state index in [1.54, 1.807) is 0 Å². The van der Waals surface area contributed by atoms with E-state index in [-0.39, 0.29) is 0 Å². The van der Waals surface area contributed by atoms with Crippen LogP contribution in [0, 0.1) is 6.92 Å². The third-order valence-corrected chi connectivity index (χ3v) is 4.90. The summed E-state index contributed by atoms with van der Waals surface area (Å²) in [6.07, 6.45) is 4.26. The fraction of sp³-hybridized carbons (Fsp3) is 0.115. The highest BCUT2D eigenvalue weighted by Crippen LogP contribution is 2.31. The third kappa shape index (κ3) is 3.67. The minimum Gasteiger partial charge on any atom is -0.324 e. The minimum atomic E-state index is 0.861. The smallest absolute Gasteiger partial charge is 0.141 e. The molecular weight excluding hydrogens is 340 g/mol. The molecule has 0 amide bonds. The predicted octanol–water partition coefficient (Wildman–Crippen LogP) is 6.72. The molecule has 0 aliphatic heterocycles. The number of aryl methyl sites for hydroxylation is 1. The molecule has 0 saturated heterocycles. The van der Waals surface area contributed by atoms with E-state index in [4.69, 9.17) is 4.98 Å². The molecule has 0 N–H and O–H groups in total. The Bertz CT molecular complexity index is 1070. The molecule has 138 valence electrons. The van der Waals surface area contributed by atoms with E-state index < -0.39 is 0 Å². The molecule has 0 aliphatic rings. The van der Waals surface area contributed by atoms with Gasteiger partial charge in [-0.25, -0.2) is 4.98 Å². The highest BCUT2D eigenvalue weighted by molar-refractivity contribution is 5.80. The molecule has 1 aromatic heterocycles. The van der Waals surface area contributed by atoms with Gasteiger partial charge in [0.25, 0.3) is 0 Å². The highest BCUT2D eigenvalue weighted by atomic mass is 15.1. The van der Waals surface area contributed by atoms with Crippen molar-refractivity contribution in [1.82, 2.24) is 9.55 Å². The highest BCUT2D eigenvalue weighted by Gasteiger charge is 2.17. The maximum atomic E-state index is 5.04. The lowest BCUT2D eigenvalue weighted by atomic mass is 10.1. The summed E-state index contributed by atoms with van der Waals surface area (Å²) in [5.41, 5.74) is 6.91. The lowest BCUT2D eigenvalue weighted by Gasteiger charge is -2.10. The van der Waals surface area contributed by atoms with Crippen LogP contribution in [-0.4, -0.2) is 9.55 Å². The Morgan fingerprint density at radius 2 is 1.39 bits per heavy atom. The van der Waals surface area contributed by atoms with Crippen molar-refractivity contribution in [2.24, 2.45) is 0 Å². The van der Waals surface area contributed by atoms with Crippen LogP contribution >= 0.6 is 0 Å². The van der Waals surface area contributed by atoms with Crippen LogP contribution in [0.15, 0.2) is 84.9 Å². The van der Waals surface area contributed by atoms with Crippen LogP contribution in [0.5, 0.6) is 0 Å². The van der Waals surface area contributed by atoms with Gasteiger partial charge in [-0.05, 0) is 25.5 Å². The van der Waals surface area contributed by atoms with Crippen molar-refractivity contribution < 1.29 is 0 Å². The average Bonchev–Trinajstić information content (AvgIpc) is 3.13. The second-order valence-electron chi connectivity index (χ2n) is 6.89. The number of rotatable bonds is 5. The maximum Gasteiger partial charge on any atom is 0.141 e. The second-order valence-corrected chi connectivity index (χ2v) is 6.89. The van der Waals surface area contributed by atoms with E-state index >= 15 is 0 Å². The van der Waals surface area contributed by atoms with Crippen molar-refractivity contribution in [3.8, 4) is 22.6 Å². The van der Waals surface area contributed by atoms with Gasteiger partial charge in [0.05, 0.1) is 11.4 Å². The lowest BCUT2D eigenvalue weighted by molar-refractivity contribution is 0.778. The van der Waals surface area contributed by atoms with E-state index in [0.717, 1.165) is 29.3 Å². The van der Waals surface area contributed by atoms with Gasteiger partial charge in [-0.1, -0.05) is 96.6 Å². The SMILES string of the molecule is CCn1c(-c2ccccc2)nc(/C=C/c2ccccc2)c1-c1ccc(C)cc1. The normalized spacial score (nSPS) is 11.2. The van der Waals surface area contributed by atoms with Crippen LogP contribution in [0.3, 0.4) is 0 Å². The van der Waals surface area contributed by atoms with Crippen molar-refractivity contribution in [1.29, 1.82) is 0 Å². The van der Waals surface area contributed by atoms with Crippen molar-refractivity contribution in [3.05, 3.63) is 102 Å². The first-order chi connectivity index (χ1) is 13.8. The monoisotopic (exact) mass is 364 g/mol. The molecule has 2 nitrogen and oxygen atoms in total. The van der Waals surface area contributed by atoms with Gasteiger partial charge in [-0.3, -0.25) is 0 Å². The van der Waals surface area contributed by atoms with Gasteiger partial charge in [0.2, 0.25) is 0 Å². The van der Waals surface area contributed by atoms with E-state index in [2.05, 4.69) is 103 Å². The quantitative estimate of drug-likeness (QED) is 0.384. The largest absolute Gasteiger partial charge is 0.324 e. The van der Waals surface area contributed by atoms with Gasteiger partial charge in [0.1, 0.15) is 5.82 Å². The molecule has 28 heavy (non-hydrogen) atoms. The summed E-state index contributed by atoms with van der Waals surface area (Å²) < 4.78 is 2.31. The van der Waals surface area contributed by atoms with Crippen molar-refractivity contribution in [3.63, 3.8) is 0 Å². The van der Waals surface area contributed by atoms with E-state index in [0.29, 0.717) is 0 Å². The molecule has 0 atom stereocenters. The van der Waals surface area contributed by atoms with Gasteiger partial charge in [0.15, 0.2) is 0 Å². The first kappa shape index (κ1) is 18.0. The number of hydrogen-bond donors (Lipinski definition) is 0. The molecule has 0 saturated carbocycles. The second kappa shape index (κ2) is 8.10. The van der Waals surface area contributed by atoms with Crippen molar-refractivity contribution >= 4 is 12.2 Å². The van der Waals surface area contributed by atoms with Gasteiger partial charge in [0, 0.05) is 17.7 Å². The summed E-state index contributed by atoms with van der Waals surface area (Å²) in [5.74, 6) is 1.01. The molecule has 2 heteroatoms. The first-order valence-electron chi connectivity index (χ1n) is 9.72. The zero-order chi connectivity index (χ0) is 19.3. The summed E-state index contributed by atoms with van der Waals surface area (Å²) in [6, 6.07) is 29.5. The number of aromatic nitrogens is 2. The minimum absolute atomic E-state index is 0.861. The Morgan fingerprint density at radius 3 is 2.04 bits per heavy atom. The molecule has 0 radical (unpaired) electrons. The summed E-state index contributed by atoms with van der Waals surface area (Å²) >= 11 is 0. The van der Waals surface area contributed by atoms with Crippen molar-refractivity contribution in [2.45, 2.75) is 20.4 Å². The van der Waals surface area contributed by atoms with Gasteiger partial charge in [-0.15, -0.1) is 0 Å².